The molecule has 0 aliphatic carbocycles. The number of aryl methyl sites for hydroxylation is 2. The fourth-order valence-corrected chi connectivity index (χ4v) is 5.21. The van der Waals surface area contributed by atoms with Crippen molar-refractivity contribution in [1.29, 1.82) is 0 Å². The van der Waals surface area contributed by atoms with E-state index in [1.165, 1.54) is 0 Å². The van der Waals surface area contributed by atoms with Crippen LogP contribution in [-0.4, -0.2) is 31.1 Å². The molecule has 0 bridgehead atoms. The summed E-state index contributed by atoms with van der Waals surface area (Å²) in [6.45, 7) is 4.24. The lowest BCUT2D eigenvalue weighted by Gasteiger charge is -2.27. The Morgan fingerprint density at radius 1 is 0.974 bits per heavy atom. The number of rotatable bonds is 6. The van der Waals surface area contributed by atoms with Gasteiger partial charge < -0.3 is 14.7 Å². The third kappa shape index (κ3) is 4.18. The first kappa shape index (κ1) is 23.5. The number of aromatic amines is 1. The number of nitrogens with one attached hydrogen (secondary N) is 1. The Morgan fingerprint density at radius 2 is 1.79 bits per heavy atom. The molecule has 38 heavy (non-hydrogen) atoms. The van der Waals surface area contributed by atoms with Crippen molar-refractivity contribution in [2.24, 2.45) is 0 Å². The predicted octanol–water partition coefficient (Wildman–Crippen LogP) is 6.33. The average Bonchev–Trinajstić information content (AvgIpc) is 3.44. The molecule has 6 rings (SSSR count). The molecule has 1 aliphatic heterocycles. The second kappa shape index (κ2) is 9.52. The maximum absolute atomic E-state index is 13.8. The standard InChI is InChI=1S/C31H26N4O3/c1-19-14-20(2)26(25(36)15-19)28-27-29(34-33-28)31(37)35(18-21-8-7-13-32-17-21)30(27)22-9-6-12-24(16-22)38-23-10-4-3-5-11-23/h3-17,30,36H,18H2,1-2H3,(H,33,34). The van der Waals surface area contributed by atoms with Crippen LogP contribution >= 0.6 is 0 Å². The Balaban J connectivity index is 1.49. The number of aromatic nitrogens is 3. The molecule has 0 spiro atoms. The van der Waals surface area contributed by atoms with E-state index in [2.05, 4.69) is 15.2 Å². The normalized spacial score (nSPS) is 14.5. The van der Waals surface area contributed by atoms with Gasteiger partial charge in [-0.3, -0.25) is 14.9 Å². The minimum atomic E-state index is -0.453. The fourth-order valence-electron chi connectivity index (χ4n) is 5.21. The molecule has 1 atom stereocenters. The summed E-state index contributed by atoms with van der Waals surface area (Å²) in [4.78, 5) is 19.8. The van der Waals surface area contributed by atoms with Gasteiger partial charge in [-0.25, -0.2) is 0 Å². The Hall–Kier alpha value is -4.91. The van der Waals surface area contributed by atoms with Crippen molar-refractivity contribution in [2.45, 2.75) is 26.4 Å². The van der Waals surface area contributed by atoms with E-state index in [-0.39, 0.29) is 11.7 Å². The number of nitrogens with zero attached hydrogens (tertiary/aromatic N) is 3. The number of phenolic OH excluding ortho intramolecular Hbond substituents is 1. The van der Waals surface area contributed by atoms with E-state index in [9.17, 15) is 9.90 Å². The minimum Gasteiger partial charge on any atom is -0.507 e. The van der Waals surface area contributed by atoms with Gasteiger partial charge >= 0.3 is 0 Å². The summed E-state index contributed by atoms with van der Waals surface area (Å²) in [5.74, 6) is 1.36. The van der Waals surface area contributed by atoms with E-state index >= 15 is 0 Å². The van der Waals surface area contributed by atoms with Gasteiger partial charge in [0.15, 0.2) is 0 Å². The maximum atomic E-state index is 13.8. The van der Waals surface area contributed by atoms with Crippen molar-refractivity contribution >= 4 is 5.91 Å². The molecule has 0 fully saturated rings. The number of carbonyl (C=O) groups excluding carboxylic acids is 1. The van der Waals surface area contributed by atoms with Crippen LogP contribution in [0.15, 0.2) is 91.3 Å². The Labute approximate surface area is 220 Å². The Bertz CT molecular complexity index is 1610. The summed E-state index contributed by atoms with van der Waals surface area (Å²) >= 11 is 0. The molecular formula is C31H26N4O3. The topological polar surface area (TPSA) is 91.3 Å². The second-order valence-electron chi connectivity index (χ2n) is 9.52. The number of hydrogen-bond donors (Lipinski definition) is 2. The molecule has 3 aromatic carbocycles. The van der Waals surface area contributed by atoms with Crippen LogP contribution < -0.4 is 4.74 Å². The Kier molecular flexibility index (Phi) is 5.88. The number of H-pyrrole nitrogens is 1. The molecule has 1 unspecified atom stereocenters. The monoisotopic (exact) mass is 502 g/mol. The number of hydrogen-bond acceptors (Lipinski definition) is 5. The van der Waals surface area contributed by atoms with Crippen LogP contribution in [0.5, 0.6) is 17.2 Å². The van der Waals surface area contributed by atoms with Gasteiger partial charge in [-0.05, 0) is 72.5 Å². The number of carbonyl (C=O) groups is 1. The largest absolute Gasteiger partial charge is 0.507 e. The number of para-hydroxylation sites is 1. The summed E-state index contributed by atoms with van der Waals surface area (Å²) in [6.07, 6.45) is 3.48. The van der Waals surface area contributed by atoms with Gasteiger partial charge in [0.05, 0.1) is 6.04 Å². The van der Waals surface area contributed by atoms with Gasteiger partial charge in [-0.15, -0.1) is 0 Å². The van der Waals surface area contributed by atoms with Crippen molar-refractivity contribution in [3.05, 3.63) is 125 Å². The molecule has 2 N–H and O–H groups in total. The van der Waals surface area contributed by atoms with E-state index in [0.717, 1.165) is 33.6 Å². The average molecular weight is 503 g/mol. The quantitative estimate of drug-likeness (QED) is 0.283. The van der Waals surface area contributed by atoms with Crippen molar-refractivity contribution in [1.82, 2.24) is 20.1 Å². The first-order valence-electron chi connectivity index (χ1n) is 12.4. The number of aromatic hydroxyl groups is 1. The maximum Gasteiger partial charge on any atom is 0.273 e. The highest BCUT2D eigenvalue weighted by molar-refractivity contribution is 6.00. The van der Waals surface area contributed by atoms with Crippen molar-refractivity contribution < 1.29 is 14.6 Å². The number of phenols is 1. The van der Waals surface area contributed by atoms with E-state index in [4.69, 9.17) is 4.74 Å². The van der Waals surface area contributed by atoms with E-state index in [1.807, 2.05) is 91.5 Å². The number of pyridine rings is 1. The molecule has 1 aliphatic rings. The molecule has 7 heteroatoms. The molecule has 2 aromatic heterocycles. The van der Waals surface area contributed by atoms with Gasteiger partial charge in [-0.1, -0.05) is 42.5 Å². The van der Waals surface area contributed by atoms with Crippen LogP contribution in [0.1, 0.15) is 44.3 Å². The summed E-state index contributed by atoms with van der Waals surface area (Å²) in [5.41, 5.74) is 5.96. The molecule has 0 saturated carbocycles. The number of benzene rings is 3. The smallest absolute Gasteiger partial charge is 0.273 e. The van der Waals surface area contributed by atoms with Crippen molar-refractivity contribution in [3.8, 4) is 28.5 Å². The van der Waals surface area contributed by atoms with Crippen molar-refractivity contribution in [2.75, 3.05) is 0 Å². The lowest BCUT2D eigenvalue weighted by atomic mass is 9.93. The fraction of sp³-hybridized carbons (Fsp3) is 0.129. The van der Waals surface area contributed by atoms with Crippen molar-refractivity contribution in [3.63, 3.8) is 0 Å². The highest BCUT2D eigenvalue weighted by Gasteiger charge is 2.43. The van der Waals surface area contributed by atoms with Gasteiger partial charge in [0, 0.05) is 30.1 Å². The molecule has 5 aromatic rings. The molecule has 0 saturated heterocycles. The zero-order valence-electron chi connectivity index (χ0n) is 21.1. The van der Waals surface area contributed by atoms with Gasteiger partial charge in [0.2, 0.25) is 0 Å². The second-order valence-corrected chi connectivity index (χ2v) is 9.52. The highest BCUT2D eigenvalue weighted by atomic mass is 16.5. The summed E-state index contributed by atoms with van der Waals surface area (Å²) in [6, 6.07) is 24.4. The van der Waals surface area contributed by atoms with Crippen LogP contribution in [0, 0.1) is 13.8 Å². The lowest BCUT2D eigenvalue weighted by molar-refractivity contribution is 0.0729. The molecular weight excluding hydrogens is 476 g/mol. The van der Waals surface area contributed by atoms with E-state index in [1.54, 1.807) is 18.5 Å². The molecule has 7 nitrogen and oxygen atoms in total. The third-order valence-electron chi connectivity index (χ3n) is 6.79. The minimum absolute atomic E-state index is 0.134. The van der Waals surface area contributed by atoms with Gasteiger partial charge in [-0.2, -0.15) is 5.10 Å². The first-order chi connectivity index (χ1) is 18.5. The first-order valence-corrected chi connectivity index (χ1v) is 12.4. The summed E-state index contributed by atoms with van der Waals surface area (Å²) < 4.78 is 6.12. The van der Waals surface area contributed by atoms with Gasteiger partial charge in [0.25, 0.3) is 5.91 Å². The lowest BCUT2D eigenvalue weighted by Crippen LogP contribution is -2.29. The third-order valence-corrected chi connectivity index (χ3v) is 6.79. The van der Waals surface area contributed by atoms with E-state index in [0.29, 0.717) is 29.2 Å². The predicted molar refractivity (Wildman–Crippen MR) is 144 cm³/mol. The van der Waals surface area contributed by atoms with Crippen LogP contribution in [0.2, 0.25) is 0 Å². The van der Waals surface area contributed by atoms with Gasteiger partial charge in [0.1, 0.15) is 28.6 Å². The van der Waals surface area contributed by atoms with Crippen LogP contribution in [0.4, 0.5) is 0 Å². The SMILES string of the molecule is Cc1cc(C)c(-c2n[nH]c3c2C(c2cccc(Oc4ccccc4)c2)N(Cc2cccnc2)C3=O)c(O)c1. The zero-order valence-corrected chi connectivity index (χ0v) is 21.1. The molecule has 1 amide bonds. The number of amides is 1. The summed E-state index contributed by atoms with van der Waals surface area (Å²) in [7, 11) is 0. The Morgan fingerprint density at radius 3 is 2.55 bits per heavy atom. The van der Waals surface area contributed by atoms with Crippen LogP contribution in [0.3, 0.4) is 0 Å². The summed E-state index contributed by atoms with van der Waals surface area (Å²) in [5, 5.41) is 18.4. The zero-order chi connectivity index (χ0) is 26.2. The highest BCUT2D eigenvalue weighted by Crippen LogP contribution is 2.46. The molecule has 3 heterocycles. The van der Waals surface area contributed by atoms with Crippen LogP contribution in [-0.2, 0) is 6.54 Å². The van der Waals surface area contributed by atoms with E-state index < -0.39 is 6.04 Å². The number of ether oxygens (including phenoxy) is 1. The van der Waals surface area contributed by atoms with Crippen LogP contribution in [0.25, 0.3) is 11.3 Å². The molecule has 0 radical (unpaired) electrons. The number of fused-ring (bicyclic) bond motifs is 1. The molecule has 188 valence electrons.